The first kappa shape index (κ1) is 18.3. The molecule has 1 heterocycles. The van der Waals surface area contributed by atoms with E-state index in [2.05, 4.69) is 31.7 Å². The summed E-state index contributed by atoms with van der Waals surface area (Å²) in [5.41, 5.74) is -1.62. The van der Waals surface area contributed by atoms with Crippen LogP contribution in [0.1, 0.15) is 32.1 Å². The van der Waals surface area contributed by atoms with Gasteiger partial charge in [0.1, 0.15) is 5.76 Å². The molecule has 0 unspecified atom stereocenters. The normalized spacial score (nSPS) is 12.1. The van der Waals surface area contributed by atoms with E-state index in [1.807, 2.05) is 20.8 Å². The summed E-state index contributed by atoms with van der Waals surface area (Å²) in [6, 6.07) is 4.13. The summed E-state index contributed by atoms with van der Waals surface area (Å²) in [4.78, 5) is 11.9. The van der Waals surface area contributed by atoms with Crippen LogP contribution in [-0.4, -0.2) is 11.2 Å². The summed E-state index contributed by atoms with van der Waals surface area (Å²) in [6.07, 6.45) is -4.60. The lowest BCUT2D eigenvalue weighted by molar-refractivity contribution is -0.136. The van der Waals surface area contributed by atoms with E-state index in [-0.39, 0.29) is 21.4 Å². The number of hydrogen-bond acceptors (Lipinski definition) is 3. The van der Waals surface area contributed by atoms with E-state index >= 15 is 0 Å². The molecule has 130 valence electrons. The monoisotopic (exact) mass is 405 g/mol. The highest BCUT2D eigenvalue weighted by atomic mass is 79.9. The van der Waals surface area contributed by atoms with Crippen molar-refractivity contribution in [3.63, 3.8) is 0 Å². The maximum absolute atomic E-state index is 13.0. The number of aromatic nitrogens is 1. The Bertz CT molecular complexity index is 751. The topological polar surface area (TPSA) is 67.2 Å². The molecule has 0 aliphatic carbocycles. The molecular formula is C15H15BrF3N3O2. The number of carbonyl (C=O) groups excluding carboxylic acids is 1. The van der Waals surface area contributed by atoms with Crippen LogP contribution in [0.5, 0.6) is 0 Å². The Kier molecular flexibility index (Phi) is 4.93. The zero-order valence-corrected chi connectivity index (χ0v) is 14.7. The number of rotatable bonds is 2. The van der Waals surface area contributed by atoms with Gasteiger partial charge in [0, 0.05) is 16.0 Å². The highest BCUT2D eigenvalue weighted by Crippen LogP contribution is 2.36. The van der Waals surface area contributed by atoms with Gasteiger partial charge in [-0.1, -0.05) is 41.9 Å². The number of nitrogens with one attached hydrogen (secondary N) is 2. The molecule has 2 aromatic rings. The Morgan fingerprint density at radius 1 is 1.17 bits per heavy atom. The van der Waals surface area contributed by atoms with Gasteiger partial charge in [-0.2, -0.15) is 13.2 Å². The third-order valence-electron chi connectivity index (χ3n) is 3.03. The molecule has 9 heteroatoms. The maximum Gasteiger partial charge on any atom is 0.418 e. The minimum atomic E-state index is -4.60. The molecule has 0 aliphatic rings. The first-order valence-electron chi connectivity index (χ1n) is 6.89. The largest absolute Gasteiger partial charge is 0.418 e. The van der Waals surface area contributed by atoms with E-state index in [9.17, 15) is 18.0 Å². The molecule has 0 bridgehead atoms. The number of nitrogens with zero attached hydrogens (tertiary/aromatic N) is 1. The van der Waals surface area contributed by atoms with E-state index in [0.29, 0.717) is 5.76 Å². The van der Waals surface area contributed by atoms with E-state index in [0.717, 1.165) is 12.1 Å². The van der Waals surface area contributed by atoms with Crippen molar-refractivity contribution < 1.29 is 22.5 Å². The second kappa shape index (κ2) is 6.46. The third kappa shape index (κ3) is 4.50. The van der Waals surface area contributed by atoms with E-state index in [1.165, 1.54) is 12.1 Å². The summed E-state index contributed by atoms with van der Waals surface area (Å²) >= 11 is 2.98. The summed E-state index contributed by atoms with van der Waals surface area (Å²) in [7, 11) is 0. The molecule has 5 nitrogen and oxygen atoms in total. The van der Waals surface area contributed by atoms with Crippen molar-refractivity contribution in [3.05, 3.63) is 40.1 Å². The van der Waals surface area contributed by atoms with Crippen LogP contribution in [0, 0.1) is 0 Å². The predicted molar refractivity (Wildman–Crippen MR) is 87.0 cm³/mol. The first-order chi connectivity index (χ1) is 11.0. The highest BCUT2D eigenvalue weighted by Gasteiger charge is 2.34. The van der Waals surface area contributed by atoms with Crippen LogP contribution < -0.4 is 10.6 Å². The Morgan fingerprint density at radius 3 is 2.38 bits per heavy atom. The smallest absolute Gasteiger partial charge is 0.359 e. The third-order valence-corrected chi connectivity index (χ3v) is 3.52. The lowest BCUT2D eigenvalue weighted by Gasteiger charge is -2.14. The lowest BCUT2D eigenvalue weighted by atomic mass is 9.93. The molecule has 0 saturated heterocycles. The Morgan fingerprint density at radius 2 is 1.83 bits per heavy atom. The fourth-order valence-electron chi connectivity index (χ4n) is 1.82. The van der Waals surface area contributed by atoms with Gasteiger partial charge in [0.25, 0.3) is 0 Å². The van der Waals surface area contributed by atoms with Crippen LogP contribution >= 0.6 is 15.9 Å². The molecule has 2 amide bonds. The first-order valence-corrected chi connectivity index (χ1v) is 7.68. The van der Waals surface area contributed by atoms with Crippen LogP contribution in [0.2, 0.25) is 0 Å². The molecule has 0 radical (unpaired) electrons. The fraction of sp³-hybridized carbons (Fsp3) is 0.333. The quantitative estimate of drug-likeness (QED) is 0.702. The molecule has 2 rings (SSSR count). The number of halogens is 4. The van der Waals surface area contributed by atoms with E-state index in [4.69, 9.17) is 4.52 Å². The highest BCUT2D eigenvalue weighted by molar-refractivity contribution is 9.10. The Hall–Kier alpha value is -2.03. The van der Waals surface area contributed by atoms with Gasteiger partial charge in [0.05, 0.1) is 11.3 Å². The van der Waals surface area contributed by atoms with Crippen LogP contribution in [0.4, 0.5) is 29.5 Å². The SMILES string of the molecule is CC(C)(C)c1cc(NC(=O)Nc2ccc(Br)cc2C(F)(F)F)no1. The minimum Gasteiger partial charge on any atom is -0.359 e. The van der Waals surface area contributed by atoms with Gasteiger partial charge in [-0.3, -0.25) is 5.32 Å². The van der Waals surface area contributed by atoms with Gasteiger partial charge < -0.3 is 9.84 Å². The van der Waals surface area contributed by atoms with Crippen LogP contribution in [0.25, 0.3) is 0 Å². The Balaban J connectivity index is 2.15. The van der Waals surface area contributed by atoms with Gasteiger partial charge in [0.15, 0.2) is 5.82 Å². The van der Waals surface area contributed by atoms with Crippen molar-refractivity contribution in [1.82, 2.24) is 5.16 Å². The van der Waals surface area contributed by atoms with Gasteiger partial charge >= 0.3 is 12.2 Å². The number of carbonyl (C=O) groups is 1. The van der Waals surface area contributed by atoms with Crippen molar-refractivity contribution in [2.75, 3.05) is 10.6 Å². The molecule has 0 spiro atoms. The number of anilines is 2. The maximum atomic E-state index is 13.0. The summed E-state index contributed by atoms with van der Waals surface area (Å²) < 4.78 is 44.4. The minimum absolute atomic E-state index is 0.114. The molecule has 1 aromatic carbocycles. The summed E-state index contributed by atoms with van der Waals surface area (Å²) in [6.45, 7) is 5.69. The van der Waals surface area contributed by atoms with E-state index in [1.54, 1.807) is 0 Å². The van der Waals surface area contributed by atoms with Crippen molar-refractivity contribution in [3.8, 4) is 0 Å². The molecule has 0 atom stereocenters. The molecule has 2 N–H and O–H groups in total. The van der Waals surface area contributed by atoms with Gasteiger partial charge in [-0.25, -0.2) is 4.79 Å². The fourth-order valence-corrected chi connectivity index (χ4v) is 2.18. The number of alkyl halides is 3. The second-order valence-corrected chi connectivity index (χ2v) is 7.01. The number of hydrogen-bond donors (Lipinski definition) is 2. The average molecular weight is 406 g/mol. The second-order valence-electron chi connectivity index (χ2n) is 6.09. The predicted octanol–water partition coefficient (Wildman–Crippen LogP) is 5.40. The van der Waals surface area contributed by atoms with Crippen molar-refractivity contribution in [2.24, 2.45) is 0 Å². The van der Waals surface area contributed by atoms with Crippen LogP contribution in [-0.2, 0) is 11.6 Å². The molecular weight excluding hydrogens is 391 g/mol. The number of urea groups is 1. The summed E-state index contributed by atoms with van der Waals surface area (Å²) in [5.74, 6) is 0.653. The number of amides is 2. The molecule has 24 heavy (non-hydrogen) atoms. The van der Waals surface area contributed by atoms with Gasteiger partial charge in [0.2, 0.25) is 0 Å². The molecule has 0 aliphatic heterocycles. The van der Waals surface area contributed by atoms with E-state index < -0.39 is 17.8 Å². The lowest BCUT2D eigenvalue weighted by Crippen LogP contribution is -2.22. The van der Waals surface area contributed by atoms with Crippen molar-refractivity contribution in [2.45, 2.75) is 32.4 Å². The van der Waals surface area contributed by atoms with Crippen LogP contribution in [0.15, 0.2) is 33.3 Å². The molecule has 0 fully saturated rings. The van der Waals surface area contributed by atoms with Crippen molar-refractivity contribution >= 4 is 33.5 Å². The number of benzene rings is 1. The molecule has 0 saturated carbocycles. The van der Waals surface area contributed by atoms with Gasteiger partial charge in [-0.15, -0.1) is 0 Å². The average Bonchev–Trinajstić information content (AvgIpc) is 2.88. The zero-order chi connectivity index (χ0) is 18.1. The standard InChI is InChI=1S/C15H15BrF3N3O2/c1-14(2,3)11-7-12(22-24-11)21-13(23)20-10-5-4-8(16)6-9(10)15(17,18)19/h4-7H,1-3H3,(H2,20,21,22,23). The molecule has 1 aromatic heterocycles. The van der Waals surface area contributed by atoms with Gasteiger partial charge in [-0.05, 0) is 18.2 Å². The Labute approximate surface area is 144 Å². The zero-order valence-electron chi connectivity index (χ0n) is 13.1. The van der Waals surface area contributed by atoms with Crippen molar-refractivity contribution in [1.29, 1.82) is 0 Å². The van der Waals surface area contributed by atoms with Crippen LogP contribution in [0.3, 0.4) is 0 Å². The summed E-state index contributed by atoms with van der Waals surface area (Å²) in [5, 5.41) is 8.18.